The highest BCUT2D eigenvalue weighted by Crippen LogP contribution is 2.35. The Morgan fingerprint density at radius 1 is 1.37 bits per heavy atom. The van der Waals surface area contributed by atoms with Crippen molar-refractivity contribution in [3.63, 3.8) is 0 Å². The van der Waals surface area contributed by atoms with Crippen molar-refractivity contribution in [1.29, 1.82) is 0 Å². The molecule has 6 nitrogen and oxygen atoms in total. The van der Waals surface area contributed by atoms with E-state index in [1.165, 1.54) is 7.11 Å². The molecule has 0 saturated heterocycles. The van der Waals surface area contributed by atoms with Crippen LogP contribution in [0.2, 0.25) is 0 Å². The summed E-state index contributed by atoms with van der Waals surface area (Å²) >= 11 is 0. The molecule has 1 fully saturated rings. The van der Waals surface area contributed by atoms with Crippen molar-refractivity contribution in [3.8, 4) is 0 Å². The monoisotopic (exact) mass is 272 g/mol. The summed E-state index contributed by atoms with van der Waals surface area (Å²) in [5, 5.41) is 11.5. The van der Waals surface area contributed by atoms with Crippen molar-refractivity contribution in [2.24, 2.45) is 11.1 Å². The van der Waals surface area contributed by atoms with Gasteiger partial charge >= 0.3 is 5.97 Å². The molecule has 1 amide bonds. The van der Waals surface area contributed by atoms with Crippen molar-refractivity contribution < 1.29 is 19.4 Å². The second-order valence-corrected chi connectivity index (χ2v) is 5.21. The number of nitrogens with two attached hydrogens (primary N) is 1. The maximum atomic E-state index is 12.3. The number of amides is 1. The van der Waals surface area contributed by atoms with E-state index in [-0.39, 0.29) is 18.9 Å². The number of hydrogen-bond donors (Lipinski definition) is 3. The van der Waals surface area contributed by atoms with Crippen molar-refractivity contribution >= 4 is 11.9 Å². The van der Waals surface area contributed by atoms with Crippen LogP contribution in [-0.2, 0) is 14.3 Å². The molecule has 0 aromatic carbocycles. The van der Waals surface area contributed by atoms with Crippen LogP contribution in [0.3, 0.4) is 0 Å². The van der Waals surface area contributed by atoms with E-state index in [1.807, 2.05) is 0 Å². The average molecular weight is 272 g/mol. The number of rotatable bonds is 7. The number of aliphatic carboxylic acids is 1. The summed E-state index contributed by atoms with van der Waals surface area (Å²) in [5.74, 6) is -1.01. The zero-order valence-electron chi connectivity index (χ0n) is 11.5. The highest BCUT2D eigenvalue weighted by Gasteiger charge is 2.38. The van der Waals surface area contributed by atoms with E-state index in [4.69, 9.17) is 15.6 Å². The third-order valence-corrected chi connectivity index (χ3v) is 3.91. The molecule has 0 aromatic heterocycles. The summed E-state index contributed by atoms with van der Waals surface area (Å²) in [6.07, 6.45) is 4.19. The zero-order chi connectivity index (χ0) is 14.3. The Bertz CT molecular complexity index is 314. The van der Waals surface area contributed by atoms with Crippen LogP contribution in [0.4, 0.5) is 0 Å². The van der Waals surface area contributed by atoms with Gasteiger partial charge in [-0.15, -0.1) is 0 Å². The van der Waals surface area contributed by atoms with Crippen molar-refractivity contribution in [3.05, 3.63) is 0 Å². The fraction of sp³-hybridized carbons (Fsp3) is 0.846. The Labute approximate surface area is 113 Å². The number of nitrogens with one attached hydrogen (secondary N) is 1. The van der Waals surface area contributed by atoms with Gasteiger partial charge in [0, 0.05) is 20.2 Å². The van der Waals surface area contributed by atoms with E-state index in [1.54, 1.807) is 0 Å². The van der Waals surface area contributed by atoms with Gasteiger partial charge in [-0.1, -0.05) is 19.3 Å². The first kappa shape index (κ1) is 15.9. The van der Waals surface area contributed by atoms with E-state index < -0.39 is 17.5 Å². The third-order valence-electron chi connectivity index (χ3n) is 3.91. The van der Waals surface area contributed by atoms with Gasteiger partial charge < -0.3 is 20.9 Å². The Hall–Kier alpha value is -1.14. The number of carbonyl (C=O) groups is 2. The molecule has 1 saturated carbocycles. The standard InChI is InChI=1S/C13H24N2O4/c1-19-10(7-11(16)17)8-15-12(18)13(9-14)5-3-2-4-6-13/h10H,2-9,14H2,1H3,(H,15,18)(H,16,17). The summed E-state index contributed by atoms with van der Waals surface area (Å²) in [6, 6.07) is 0. The minimum absolute atomic E-state index is 0.0675. The molecule has 0 spiro atoms. The molecule has 0 aliphatic heterocycles. The lowest BCUT2D eigenvalue weighted by molar-refractivity contribution is -0.140. The second-order valence-electron chi connectivity index (χ2n) is 5.21. The lowest BCUT2D eigenvalue weighted by Gasteiger charge is -2.35. The first-order chi connectivity index (χ1) is 9.04. The molecule has 4 N–H and O–H groups in total. The summed E-state index contributed by atoms with van der Waals surface area (Å²) in [6.45, 7) is 0.554. The fourth-order valence-corrected chi connectivity index (χ4v) is 2.58. The van der Waals surface area contributed by atoms with Crippen LogP contribution in [0.25, 0.3) is 0 Å². The van der Waals surface area contributed by atoms with Crippen LogP contribution >= 0.6 is 0 Å². The molecular weight excluding hydrogens is 248 g/mol. The van der Waals surface area contributed by atoms with Gasteiger partial charge in [0.05, 0.1) is 17.9 Å². The van der Waals surface area contributed by atoms with E-state index >= 15 is 0 Å². The van der Waals surface area contributed by atoms with Crippen molar-refractivity contribution in [2.45, 2.75) is 44.6 Å². The van der Waals surface area contributed by atoms with Crippen LogP contribution in [0.1, 0.15) is 38.5 Å². The van der Waals surface area contributed by atoms with Gasteiger partial charge in [-0.25, -0.2) is 0 Å². The summed E-state index contributed by atoms with van der Waals surface area (Å²) < 4.78 is 5.04. The minimum atomic E-state index is -0.938. The Morgan fingerprint density at radius 3 is 2.47 bits per heavy atom. The number of carboxylic acid groups (broad SMARTS) is 1. The summed E-state index contributed by atoms with van der Waals surface area (Å²) in [4.78, 5) is 22.9. The number of ether oxygens (including phenoxy) is 1. The maximum absolute atomic E-state index is 12.3. The van der Waals surface area contributed by atoms with Gasteiger partial charge in [-0.05, 0) is 12.8 Å². The quantitative estimate of drug-likeness (QED) is 0.626. The largest absolute Gasteiger partial charge is 0.481 e. The van der Waals surface area contributed by atoms with Gasteiger partial charge in [0.1, 0.15) is 0 Å². The molecule has 0 aromatic rings. The smallest absolute Gasteiger partial charge is 0.306 e. The number of carbonyl (C=O) groups excluding carboxylic acids is 1. The Kier molecular flexibility index (Phi) is 6.24. The molecule has 6 heteroatoms. The average Bonchev–Trinajstić information content (AvgIpc) is 2.43. The minimum Gasteiger partial charge on any atom is -0.481 e. The number of methoxy groups -OCH3 is 1. The molecule has 1 aliphatic carbocycles. The van der Waals surface area contributed by atoms with Gasteiger partial charge in [0.25, 0.3) is 0 Å². The normalized spacial score (nSPS) is 19.7. The molecule has 0 bridgehead atoms. The van der Waals surface area contributed by atoms with E-state index in [2.05, 4.69) is 5.32 Å². The van der Waals surface area contributed by atoms with Gasteiger partial charge in [0.2, 0.25) is 5.91 Å². The Morgan fingerprint density at radius 2 is 2.00 bits per heavy atom. The lowest BCUT2D eigenvalue weighted by atomic mass is 9.73. The molecule has 1 atom stereocenters. The molecular formula is C13H24N2O4. The second kappa shape index (κ2) is 7.45. The molecule has 1 aliphatic rings. The lowest BCUT2D eigenvalue weighted by Crippen LogP contribution is -2.49. The highest BCUT2D eigenvalue weighted by atomic mass is 16.5. The van der Waals surface area contributed by atoms with E-state index in [0.717, 1.165) is 32.1 Å². The van der Waals surface area contributed by atoms with Gasteiger partial charge in [-0.3, -0.25) is 9.59 Å². The van der Waals surface area contributed by atoms with E-state index in [0.29, 0.717) is 6.54 Å². The maximum Gasteiger partial charge on any atom is 0.306 e. The zero-order valence-corrected chi connectivity index (χ0v) is 11.5. The first-order valence-corrected chi connectivity index (χ1v) is 6.77. The predicted octanol–water partition coefficient (Wildman–Crippen LogP) is 0.502. The topological polar surface area (TPSA) is 102 Å². The van der Waals surface area contributed by atoms with Gasteiger partial charge in [0.15, 0.2) is 0 Å². The third kappa shape index (κ3) is 4.47. The first-order valence-electron chi connectivity index (χ1n) is 6.77. The summed E-state index contributed by atoms with van der Waals surface area (Å²) in [7, 11) is 1.44. The number of carboxylic acids is 1. The molecule has 1 unspecified atom stereocenters. The SMILES string of the molecule is COC(CNC(=O)C1(CN)CCCCC1)CC(=O)O. The number of hydrogen-bond acceptors (Lipinski definition) is 4. The van der Waals surface area contributed by atoms with Crippen LogP contribution in [0, 0.1) is 5.41 Å². The predicted molar refractivity (Wildman–Crippen MR) is 70.6 cm³/mol. The molecule has 0 heterocycles. The van der Waals surface area contributed by atoms with Crippen molar-refractivity contribution in [2.75, 3.05) is 20.2 Å². The molecule has 19 heavy (non-hydrogen) atoms. The van der Waals surface area contributed by atoms with Crippen LogP contribution in [-0.4, -0.2) is 43.3 Å². The van der Waals surface area contributed by atoms with Crippen molar-refractivity contribution in [1.82, 2.24) is 5.32 Å². The van der Waals surface area contributed by atoms with E-state index in [9.17, 15) is 9.59 Å². The van der Waals surface area contributed by atoms with Crippen LogP contribution in [0.5, 0.6) is 0 Å². The fourth-order valence-electron chi connectivity index (χ4n) is 2.58. The highest BCUT2D eigenvalue weighted by molar-refractivity contribution is 5.83. The molecule has 110 valence electrons. The van der Waals surface area contributed by atoms with Gasteiger partial charge in [-0.2, -0.15) is 0 Å². The molecule has 1 rings (SSSR count). The van der Waals surface area contributed by atoms with Crippen LogP contribution in [0.15, 0.2) is 0 Å². The van der Waals surface area contributed by atoms with Crippen LogP contribution < -0.4 is 11.1 Å². The Balaban J connectivity index is 2.50. The summed E-state index contributed by atoms with van der Waals surface area (Å²) in [5.41, 5.74) is 5.30. The molecule has 0 radical (unpaired) electrons.